The normalized spacial score (nSPS) is 14.7. The fourth-order valence-corrected chi connectivity index (χ4v) is 5.60. The van der Waals surface area contributed by atoms with Crippen molar-refractivity contribution in [3.8, 4) is 0 Å². The van der Waals surface area contributed by atoms with Gasteiger partial charge in [-0.05, 0) is 87.8 Å². The number of alkyl halides is 4. The molecule has 0 aliphatic carbocycles. The van der Waals surface area contributed by atoms with Gasteiger partial charge in [-0.1, -0.05) is 66.7 Å². The molecule has 0 aliphatic heterocycles. The number of likely N-dealkylation sites (N-methyl/N-ethyl adjacent to an activating group) is 2. The molecule has 4 unspecified atom stereocenters. The first kappa shape index (κ1) is 32.5. The fourth-order valence-electron chi connectivity index (χ4n) is 4.65. The molecule has 210 valence electrons. The number of nitrogens with one attached hydrogen (secondary N) is 2. The van der Waals surface area contributed by atoms with E-state index < -0.39 is 3.79 Å². The number of hydrogen-bond acceptors (Lipinski definition) is 4. The summed E-state index contributed by atoms with van der Waals surface area (Å²) in [5, 5.41) is 8.74. The van der Waals surface area contributed by atoms with Gasteiger partial charge in [-0.3, -0.25) is 4.39 Å². The lowest BCUT2D eigenvalue weighted by Gasteiger charge is -2.30. The van der Waals surface area contributed by atoms with E-state index in [1.54, 1.807) is 12.5 Å². The van der Waals surface area contributed by atoms with E-state index in [1.165, 1.54) is 30.2 Å². The Morgan fingerprint density at radius 2 is 1.29 bits per heavy atom. The molecule has 2 aromatic heterocycles. The van der Waals surface area contributed by atoms with E-state index in [1.807, 2.05) is 51.4 Å². The third-order valence-electron chi connectivity index (χ3n) is 6.98. The summed E-state index contributed by atoms with van der Waals surface area (Å²) in [6.45, 7) is 6.51. The van der Waals surface area contributed by atoms with Gasteiger partial charge in [0.25, 0.3) is 0 Å². The summed E-state index contributed by atoms with van der Waals surface area (Å²) in [6.07, 6.45) is 7.18. The smallest absolute Gasteiger partial charge is 0.198 e. The number of furan rings is 2. The molecule has 38 heavy (non-hydrogen) atoms. The van der Waals surface area contributed by atoms with Crippen LogP contribution in [-0.4, -0.2) is 37.1 Å². The second-order valence-corrected chi connectivity index (χ2v) is 11.7. The zero-order valence-electron chi connectivity index (χ0n) is 23.0. The Balaban J connectivity index is 0.000000251. The summed E-state index contributed by atoms with van der Waals surface area (Å²) in [4.78, 5) is 0. The van der Waals surface area contributed by atoms with Crippen molar-refractivity contribution in [2.45, 2.75) is 67.7 Å². The molecular formula is C30H40Cl3FN2O2. The molecule has 4 nitrogen and oxygen atoms in total. The van der Waals surface area contributed by atoms with E-state index in [4.69, 9.17) is 43.6 Å². The predicted octanol–water partition coefficient (Wildman–Crippen LogP) is 9.39. The lowest BCUT2D eigenvalue weighted by molar-refractivity contribution is 0.455. The van der Waals surface area contributed by atoms with Crippen LogP contribution in [0, 0.1) is 0 Å². The van der Waals surface area contributed by atoms with Crippen LogP contribution >= 0.6 is 34.8 Å². The quantitative estimate of drug-likeness (QED) is 0.192. The maximum Gasteiger partial charge on any atom is 0.198 e. The van der Waals surface area contributed by atoms with Crippen molar-refractivity contribution < 1.29 is 13.2 Å². The average Bonchev–Trinajstić information content (AvgIpc) is 3.58. The SMILES string of the molecule is CCCCC(c1ccc2occc2c1)C(C)NC.CF.CNC(C)C(c1ccc2occc2c1)C(Cl)(Cl)Cl. The van der Waals surface area contributed by atoms with Gasteiger partial charge in [0.2, 0.25) is 0 Å². The molecule has 2 heterocycles. The van der Waals surface area contributed by atoms with Crippen LogP contribution in [0.2, 0.25) is 0 Å². The Hall–Kier alpha value is -1.76. The van der Waals surface area contributed by atoms with Crippen molar-refractivity contribution in [3.05, 3.63) is 72.2 Å². The number of rotatable bonds is 9. The molecule has 0 spiro atoms. The Morgan fingerprint density at radius 1 is 0.789 bits per heavy atom. The van der Waals surface area contributed by atoms with Crippen LogP contribution in [0.3, 0.4) is 0 Å². The van der Waals surface area contributed by atoms with Crippen molar-refractivity contribution in [2.24, 2.45) is 0 Å². The van der Waals surface area contributed by atoms with Crippen LogP contribution in [0.15, 0.2) is 69.9 Å². The van der Waals surface area contributed by atoms with Crippen LogP contribution < -0.4 is 10.6 Å². The molecule has 4 aromatic rings. The summed E-state index contributed by atoms with van der Waals surface area (Å²) in [5.74, 6) is 0.348. The first-order valence-corrected chi connectivity index (χ1v) is 14.1. The third-order valence-corrected chi connectivity index (χ3v) is 7.68. The summed E-state index contributed by atoms with van der Waals surface area (Å²) in [5.41, 5.74) is 4.20. The van der Waals surface area contributed by atoms with E-state index in [-0.39, 0.29) is 12.0 Å². The first-order chi connectivity index (χ1) is 18.2. The van der Waals surface area contributed by atoms with Gasteiger partial charge in [-0.25, -0.2) is 0 Å². The van der Waals surface area contributed by atoms with Gasteiger partial charge in [0.1, 0.15) is 11.2 Å². The topological polar surface area (TPSA) is 50.3 Å². The average molecular weight is 586 g/mol. The van der Waals surface area contributed by atoms with Crippen LogP contribution in [0.25, 0.3) is 21.9 Å². The molecular weight excluding hydrogens is 546 g/mol. The molecule has 4 atom stereocenters. The highest BCUT2D eigenvalue weighted by Crippen LogP contribution is 2.44. The number of fused-ring (bicyclic) bond motifs is 2. The van der Waals surface area contributed by atoms with Gasteiger partial charge in [0.05, 0.1) is 19.7 Å². The Kier molecular flexibility index (Phi) is 13.4. The van der Waals surface area contributed by atoms with Gasteiger partial charge >= 0.3 is 0 Å². The minimum Gasteiger partial charge on any atom is -0.464 e. The van der Waals surface area contributed by atoms with Crippen molar-refractivity contribution in [3.63, 3.8) is 0 Å². The molecule has 0 aliphatic rings. The number of halogens is 4. The summed E-state index contributed by atoms with van der Waals surface area (Å²) in [6, 6.07) is 16.9. The minimum atomic E-state index is -1.36. The second kappa shape index (κ2) is 15.7. The van der Waals surface area contributed by atoms with Gasteiger partial charge in [0, 0.05) is 28.8 Å². The first-order valence-electron chi connectivity index (χ1n) is 12.9. The van der Waals surface area contributed by atoms with Gasteiger partial charge in [-0.2, -0.15) is 0 Å². The van der Waals surface area contributed by atoms with Crippen LogP contribution in [0.1, 0.15) is 63.0 Å². The lowest BCUT2D eigenvalue weighted by atomic mass is 9.87. The molecule has 0 bridgehead atoms. The predicted molar refractivity (Wildman–Crippen MR) is 162 cm³/mol. The zero-order chi connectivity index (χ0) is 28.3. The van der Waals surface area contributed by atoms with E-state index in [9.17, 15) is 4.39 Å². The summed E-state index contributed by atoms with van der Waals surface area (Å²) < 4.78 is 18.9. The molecule has 0 radical (unpaired) electrons. The maximum atomic E-state index is 9.50. The molecule has 0 fully saturated rings. The molecule has 2 aromatic carbocycles. The van der Waals surface area contributed by atoms with Crippen LogP contribution in [-0.2, 0) is 0 Å². The number of hydrogen-bond donors (Lipinski definition) is 2. The van der Waals surface area contributed by atoms with E-state index >= 15 is 0 Å². The number of benzene rings is 2. The van der Waals surface area contributed by atoms with Crippen LogP contribution in [0.5, 0.6) is 0 Å². The van der Waals surface area contributed by atoms with Crippen molar-refractivity contribution in [2.75, 3.05) is 21.3 Å². The highest BCUT2D eigenvalue weighted by Gasteiger charge is 2.37. The molecule has 0 saturated carbocycles. The lowest BCUT2D eigenvalue weighted by Crippen LogP contribution is -2.36. The summed E-state index contributed by atoms with van der Waals surface area (Å²) in [7, 11) is 4.39. The zero-order valence-corrected chi connectivity index (χ0v) is 25.3. The Morgan fingerprint density at radius 3 is 1.76 bits per heavy atom. The van der Waals surface area contributed by atoms with Crippen molar-refractivity contribution in [1.82, 2.24) is 10.6 Å². The van der Waals surface area contributed by atoms with E-state index in [0.29, 0.717) is 19.1 Å². The van der Waals surface area contributed by atoms with Gasteiger partial charge in [-0.15, -0.1) is 0 Å². The second-order valence-electron chi connectivity index (χ2n) is 9.36. The highest BCUT2D eigenvalue weighted by molar-refractivity contribution is 6.68. The Bertz CT molecular complexity index is 1220. The molecule has 0 amide bonds. The largest absolute Gasteiger partial charge is 0.464 e. The van der Waals surface area contributed by atoms with Crippen molar-refractivity contribution >= 4 is 56.7 Å². The third kappa shape index (κ3) is 8.62. The Labute approximate surface area is 241 Å². The van der Waals surface area contributed by atoms with E-state index in [0.717, 1.165) is 22.1 Å². The molecule has 0 saturated heterocycles. The number of unbranched alkanes of at least 4 members (excludes halogenated alkanes) is 1. The molecule has 8 heteroatoms. The van der Waals surface area contributed by atoms with Crippen LogP contribution in [0.4, 0.5) is 4.39 Å². The van der Waals surface area contributed by atoms with Crippen molar-refractivity contribution in [1.29, 1.82) is 0 Å². The molecule has 4 rings (SSSR count). The fraction of sp³-hybridized carbons (Fsp3) is 0.467. The standard InChI is InChI=1S/C16H23NO.C13H14Cl3NO.CH3F/c1-4-5-6-15(12(2)17-3)13-7-8-16-14(11-13)9-10-18-16;1-8(17-2)12(13(14,15)16)10-3-4-11-9(7-10)5-6-18-11;1-2/h7-12,15,17H,4-6H2,1-3H3;3-8,12,17H,1-2H3;1H3. The molecule has 2 N–H and O–H groups in total. The monoisotopic (exact) mass is 584 g/mol. The highest BCUT2D eigenvalue weighted by atomic mass is 35.6. The summed E-state index contributed by atoms with van der Waals surface area (Å²) >= 11 is 18.3. The minimum absolute atomic E-state index is 0.0434. The maximum absolute atomic E-state index is 9.50. The van der Waals surface area contributed by atoms with Gasteiger partial charge < -0.3 is 19.5 Å². The van der Waals surface area contributed by atoms with Gasteiger partial charge in [0.15, 0.2) is 3.79 Å². The van der Waals surface area contributed by atoms with E-state index in [2.05, 4.69) is 42.7 Å².